The Labute approximate surface area is 165 Å². The van der Waals surface area contributed by atoms with E-state index in [2.05, 4.69) is 0 Å². The number of alkyl halides is 1. The van der Waals surface area contributed by atoms with E-state index in [-0.39, 0.29) is 24.5 Å². The van der Waals surface area contributed by atoms with Crippen LogP contribution in [0, 0.1) is 23.2 Å². The van der Waals surface area contributed by atoms with Gasteiger partial charge in [0.25, 0.3) is 0 Å². The summed E-state index contributed by atoms with van der Waals surface area (Å²) >= 11 is 0. The number of Topliss-reactive ketones (excluding diaryl/α,β-unsaturated/α-hetero) is 1. The lowest BCUT2D eigenvalue weighted by Gasteiger charge is -2.55. The third-order valence-corrected chi connectivity index (χ3v) is 7.76. The lowest BCUT2D eigenvalue weighted by atomic mass is 9.52. The fourth-order valence-corrected chi connectivity index (χ4v) is 5.91. The minimum absolute atomic E-state index is 0.100. The van der Waals surface area contributed by atoms with Crippen molar-refractivity contribution in [3.63, 3.8) is 0 Å². The van der Waals surface area contributed by atoms with Crippen molar-refractivity contribution in [1.82, 2.24) is 0 Å². The van der Waals surface area contributed by atoms with Crippen molar-refractivity contribution in [2.45, 2.75) is 70.2 Å². The number of ketones is 2. The predicted molar refractivity (Wildman–Crippen MR) is 102 cm³/mol. The zero-order valence-corrected chi connectivity index (χ0v) is 16.8. The molecule has 156 valence electrons. The van der Waals surface area contributed by atoms with E-state index in [0.29, 0.717) is 24.8 Å². The van der Waals surface area contributed by atoms with Gasteiger partial charge in [-0.2, -0.15) is 0 Å². The number of aliphatic hydroxyl groups is 3. The van der Waals surface area contributed by atoms with E-state index in [4.69, 9.17) is 0 Å². The van der Waals surface area contributed by atoms with Crippen LogP contribution in [-0.4, -0.2) is 50.9 Å². The van der Waals surface area contributed by atoms with Crippen LogP contribution >= 0.6 is 0 Å². The van der Waals surface area contributed by atoms with Crippen molar-refractivity contribution >= 4 is 11.6 Å². The van der Waals surface area contributed by atoms with Crippen LogP contribution in [0.3, 0.4) is 0 Å². The maximum absolute atomic E-state index is 16.9. The average Bonchev–Trinajstić information content (AvgIpc) is 2.68. The number of carbonyl (C=O) groups is 2. The maximum Gasteiger partial charge on any atom is 0.189 e. The van der Waals surface area contributed by atoms with Gasteiger partial charge >= 0.3 is 0 Å². The van der Waals surface area contributed by atoms with Crippen LogP contribution in [0.5, 0.6) is 0 Å². The molecule has 0 aliphatic heterocycles. The molecular weight excluding hydrogens is 363 g/mol. The van der Waals surface area contributed by atoms with Gasteiger partial charge in [0.05, 0.1) is 6.10 Å². The standard InChI is InChI=1S/C22H31FO5/c1-13-10-14(2)21(28,19(27)12-24)9-7-18(26)22(23)17(13)5-4-15-11-16(25)6-8-20(15,22)3/h6,8,11,13-14,17-18,24,26,28H,4-5,7,9-10,12H2,1-3H3/t13-,14+,17-,18-,20-,21-,22-/m0/s1. The highest BCUT2D eigenvalue weighted by molar-refractivity contribution is 6.01. The Bertz CT molecular complexity index is 730. The predicted octanol–water partition coefficient (Wildman–Crippen LogP) is 2.29. The second kappa shape index (κ2) is 7.15. The number of carbonyl (C=O) groups excluding carboxylic acids is 2. The SMILES string of the molecule is C[C@@H]1C[C@H](C)[C@@H]2CCC3=CC(=O)C=C[C@]3(C)[C@@]2(F)[C@@H](O)CC[C@@]1(O)C(=O)CO. The summed E-state index contributed by atoms with van der Waals surface area (Å²) in [5, 5.41) is 31.4. The molecule has 28 heavy (non-hydrogen) atoms. The molecule has 0 saturated heterocycles. The minimum atomic E-state index is -2.01. The molecule has 7 atom stereocenters. The first-order valence-corrected chi connectivity index (χ1v) is 10.2. The molecule has 5 nitrogen and oxygen atoms in total. The Morgan fingerprint density at radius 3 is 2.64 bits per heavy atom. The molecular formula is C22H31FO5. The molecule has 0 spiro atoms. The molecule has 3 rings (SSSR count). The minimum Gasteiger partial charge on any atom is -0.390 e. The monoisotopic (exact) mass is 394 g/mol. The topological polar surface area (TPSA) is 94.8 Å². The normalized spacial score (nSPS) is 46.5. The largest absolute Gasteiger partial charge is 0.390 e. The lowest BCUT2D eigenvalue weighted by molar-refractivity contribution is -0.149. The summed E-state index contributed by atoms with van der Waals surface area (Å²) in [4.78, 5) is 24.1. The summed E-state index contributed by atoms with van der Waals surface area (Å²) in [5.74, 6) is -2.00. The first-order valence-electron chi connectivity index (χ1n) is 10.2. The van der Waals surface area contributed by atoms with Gasteiger partial charge in [0.1, 0.15) is 12.2 Å². The number of rotatable bonds is 2. The summed E-state index contributed by atoms with van der Waals surface area (Å²) in [6, 6.07) is 0. The van der Waals surface area contributed by atoms with Crippen molar-refractivity contribution in [3.8, 4) is 0 Å². The number of hydrogen-bond acceptors (Lipinski definition) is 5. The van der Waals surface area contributed by atoms with Crippen LogP contribution in [0.25, 0.3) is 0 Å². The molecule has 3 aliphatic carbocycles. The summed E-state index contributed by atoms with van der Waals surface area (Å²) in [6.07, 6.45) is 4.29. The Morgan fingerprint density at radius 2 is 2.00 bits per heavy atom. The van der Waals surface area contributed by atoms with Gasteiger partial charge in [-0.3, -0.25) is 9.59 Å². The molecule has 0 aromatic heterocycles. The first-order chi connectivity index (χ1) is 13.0. The highest BCUT2D eigenvalue weighted by Gasteiger charge is 2.63. The fraction of sp³-hybridized carbons (Fsp3) is 0.727. The zero-order chi connectivity index (χ0) is 20.9. The Kier molecular flexibility index (Phi) is 5.45. The Morgan fingerprint density at radius 1 is 1.32 bits per heavy atom. The Balaban J connectivity index is 2.07. The van der Waals surface area contributed by atoms with Crippen LogP contribution in [0.2, 0.25) is 0 Å². The zero-order valence-electron chi connectivity index (χ0n) is 16.8. The van der Waals surface area contributed by atoms with Gasteiger partial charge in [0, 0.05) is 5.41 Å². The molecule has 0 bridgehead atoms. The fourth-order valence-electron chi connectivity index (χ4n) is 5.91. The van der Waals surface area contributed by atoms with Crippen molar-refractivity contribution in [1.29, 1.82) is 0 Å². The molecule has 0 aromatic rings. The number of hydrogen-bond donors (Lipinski definition) is 3. The van der Waals surface area contributed by atoms with Crippen LogP contribution in [0.4, 0.5) is 4.39 Å². The molecule has 0 amide bonds. The smallest absolute Gasteiger partial charge is 0.189 e. The van der Waals surface area contributed by atoms with Gasteiger partial charge in [0.2, 0.25) is 0 Å². The van der Waals surface area contributed by atoms with Gasteiger partial charge in [-0.15, -0.1) is 0 Å². The van der Waals surface area contributed by atoms with E-state index in [1.54, 1.807) is 19.9 Å². The van der Waals surface area contributed by atoms with Crippen LogP contribution in [0.15, 0.2) is 23.8 Å². The van der Waals surface area contributed by atoms with E-state index in [1.165, 1.54) is 12.2 Å². The van der Waals surface area contributed by atoms with Gasteiger partial charge in [-0.05, 0) is 68.9 Å². The summed E-state index contributed by atoms with van der Waals surface area (Å²) in [6.45, 7) is 4.59. The van der Waals surface area contributed by atoms with Gasteiger partial charge in [-0.25, -0.2) is 4.39 Å². The maximum atomic E-state index is 16.9. The molecule has 0 heterocycles. The average molecular weight is 394 g/mol. The Hall–Kier alpha value is -1.37. The molecule has 3 N–H and O–H groups in total. The molecule has 0 aromatic carbocycles. The summed E-state index contributed by atoms with van der Waals surface area (Å²) in [7, 11) is 0. The van der Waals surface area contributed by atoms with Gasteiger partial charge < -0.3 is 15.3 Å². The van der Waals surface area contributed by atoms with Crippen molar-refractivity contribution < 1.29 is 29.3 Å². The number of fused-ring (bicyclic) bond motifs is 3. The molecule has 0 radical (unpaired) electrons. The number of allylic oxidation sites excluding steroid dienone is 4. The first kappa shape index (κ1) is 21.3. The second-order valence-electron chi connectivity index (χ2n) is 9.19. The van der Waals surface area contributed by atoms with Crippen molar-refractivity contribution in [3.05, 3.63) is 23.8 Å². The highest BCUT2D eigenvalue weighted by atomic mass is 19.1. The highest BCUT2D eigenvalue weighted by Crippen LogP contribution is 2.60. The third-order valence-electron chi connectivity index (χ3n) is 7.76. The molecule has 0 unspecified atom stereocenters. The lowest BCUT2D eigenvalue weighted by Crippen LogP contribution is -2.60. The van der Waals surface area contributed by atoms with Crippen molar-refractivity contribution in [2.24, 2.45) is 23.2 Å². The number of halogens is 1. The van der Waals surface area contributed by atoms with E-state index in [1.807, 2.05) is 6.92 Å². The van der Waals surface area contributed by atoms with E-state index in [0.717, 1.165) is 0 Å². The van der Waals surface area contributed by atoms with Crippen LogP contribution in [-0.2, 0) is 9.59 Å². The number of aliphatic hydroxyl groups excluding tert-OH is 2. The van der Waals surface area contributed by atoms with E-state index in [9.17, 15) is 24.9 Å². The van der Waals surface area contributed by atoms with Crippen molar-refractivity contribution in [2.75, 3.05) is 6.61 Å². The van der Waals surface area contributed by atoms with E-state index >= 15 is 4.39 Å². The second-order valence-corrected chi connectivity index (χ2v) is 9.19. The van der Waals surface area contributed by atoms with Gasteiger partial charge in [0.15, 0.2) is 17.2 Å². The molecule has 2 saturated carbocycles. The molecule has 3 aliphatic rings. The molecule has 6 heteroatoms. The quantitative estimate of drug-likeness (QED) is 0.668. The van der Waals surface area contributed by atoms with E-state index < -0.39 is 47.0 Å². The summed E-state index contributed by atoms with van der Waals surface area (Å²) < 4.78 is 16.9. The van der Waals surface area contributed by atoms with Gasteiger partial charge in [-0.1, -0.05) is 25.5 Å². The molecule has 2 fully saturated rings. The van der Waals surface area contributed by atoms with Crippen LogP contribution in [0.1, 0.15) is 52.9 Å². The van der Waals surface area contributed by atoms with Crippen LogP contribution < -0.4 is 0 Å². The summed E-state index contributed by atoms with van der Waals surface area (Å²) in [5.41, 5.74) is -4.21. The third kappa shape index (κ3) is 2.92.